The summed E-state index contributed by atoms with van der Waals surface area (Å²) in [5.74, 6) is 0.872. The standard InChI is InChI=1S/C13H17N3OS/c1-3-5-11-8-10(9-15-16-13(14)18)6-7-12(11)17-4-2/h3,6-9H,1,4-5H2,2H3,(H3,14,16,18). The topological polar surface area (TPSA) is 59.6 Å². The van der Waals surface area contributed by atoms with E-state index in [4.69, 9.17) is 10.5 Å². The number of allylic oxidation sites excluding steroid dienone is 1. The van der Waals surface area contributed by atoms with Crippen molar-refractivity contribution in [2.45, 2.75) is 13.3 Å². The van der Waals surface area contributed by atoms with Gasteiger partial charge < -0.3 is 10.5 Å². The van der Waals surface area contributed by atoms with Crippen LogP contribution >= 0.6 is 12.2 Å². The number of nitrogens with two attached hydrogens (primary N) is 1. The molecule has 3 N–H and O–H groups in total. The molecule has 0 bridgehead atoms. The smallest absolute Gasteiger partial charge is 0.184 e. The Balaban J connectivity index is 2.88. The summed E-state index contributed by atoms with van der Waals surface area (Å²) in [5.41, 5.74) is 9.80. The van der Waals surface area contributed by atoms with Gasteiger partial charge in [0, 0.05) is 0 Å². The predicted octanol–water partition coefficient (Wildman–Crippen LogP) is 1.98. The summed E-state index contributed by atoms with van der Waals surface area (Å²) < 4.78 is 5.54. The van der Waals surface area contributed by atoms with E-state index in [1.165, 1.54) is 0 Å². The van der Waals surface area contributed by atoms with E-state index in [0.717, 1.165) is 23.3 Å². The first kappa shape index (κ1) is 14.2. The van der Waals surface area contributed by atoms with Gasteiger partial charge in [0.25, 0.3) is 0 Å². The molecular formula is C13H17N3OS. The number of rotatable bonds is 6. The molecule has 0 atom stereocenters. The van der Waals surface area contributed by atoms with Crippen molar-refractivity contribution in [2.24, 2.45) is 10.8 Å². The second-order valence-corrected chi connectivity index (χ2v) is 3.97. The second-order valence-electron chi connectivity index (χ2n) is 3.53. The minimum absolute atomic E-state index is 0.142. The molecule has 0 aliphatic heterocycles. The molecule has 1 aromatic rings. The zero-order valence-corrected chi connectivity index (χ0v) is 11.2. The molecule has 0 aromatic heterocycles. The van der Waals surface area contributed by atoms with E-state index in [0.29, 0.717) is 6.61 Å². The van der Waals surface area contributed by atoms with Gasteiger partial charge in [-0.15, -0.1) is 6.58 Å². The first-order valence-electron chi connectivity index (χ1n) is 5.62. The Hall–Kier alpha value is -1.88. The van der Waals surface area contributed by atoms with Gasteiger partial charge in [0.1, 0.15) is 5.75 Å². The highest BCUT2D eigenvalue weighted by Crippen LogP contribution is 2.20. The molecule has 4 nitrogen and oxygen atoms in total. The van der Waals surface area contributed by atoms with Crippen LogP contribution in [0.2, 0.25) is 0 Å². The van der Waals surface area contributed by atoms with Crippen molar-refractivity contribution in [1.29, 1.82) is 0 Å². The largest absolute Gasteiger partial charge is 0.494 e. The first-order chi connectivity index (χ1) is 8.67. The van der Waals surface area contributed by atoms with Gasteiger partial charge in [-0.25, -0.2) is 0 Å². The number of hydrogen-bond donors (Lipinski definition) is 2. The van der Waals surface area contributed by atoms with Gasteiger partial charge in [0.15, 0.2) is 5.11 Å². The number of thiocarbonyl (C=S) groups is 1. The quantitative estimate of drug-likeness (QED) is 0.356. The molecule has 0 saturated heterocycles. The zero-order chi connectivity index (χ0) is 13.4. The highest BCUT2D eigenvalue weighted by atomic mass is 32.1. The lowest BCUT2D eigenvalue weighted by Gasteiger charge is -2.09. The summed E-state index contributed by atoms with van der Waals surface area (Å²) in [7, 11) is 0. The maximum Gasteiger partial charge on any atom is 0.184 e. The van der Waals surface area contributed by atoms with E-state index in [2.05, 4.69) is 29.3 Å². The molecule has 0 aliphatic carbocycles. The lowest BCUT2D eigenvalue weighted by Crippen LogP contribution is -2.23. The van der Waals surface area contributed by atoms with Crippen LogP contribution in [0, 0.1) is 0 Å². The number of hydrogen-bond acceptors (Lipinski definition) is 3. The number of ether oxygens (including phenoxy) is 1. The zero-order valence-electron chi connectivity index (χ0n) is 10.3. The van der Waals surface area contributed by atoms with Crippen molar-refractivity contribution in [2.75, 3.05) is 6.61 Å². The monoisotopic (exact) mass is 263 g/mol. The lowest BCUT2D eigenvalue weighted by atomic mass is 10.1. The number of hydrazone groups is 1. The third-order valence-corrected chi connectivity index (χ3v) is 2.23. The van der Waals surface area contributed by atoms with Gasteiger partial charge in [-0.3, -0.25) is 5.43 Å². The van der Waals surface area contributed by atoms with Gasteiger partial charge in [0.05, 0.1) is 12.8 Å². The molecular weight excluding hydrogens is 246 g/mol. The van der Waals surface area contributed by atoms with Crippen molar-refractivity contribution in [3.63, 3.8) is 0 Å². The summed E-state index contributed by atoms with van der Waals surface area (Å²) in [4.78, 5) is 0. The average molecular weight is 263 g/mol. The Morgan fingerprint density at radius 3 is 3.00 bits per heavy atom. The molecule has 0 aliphatic rings. The third kappa shape index (κ3) is 4.55. The SMILES string of the molecule is C=CCc1cc(C=NNC(N)=S)ccc1OCC. The third-order valence-electron chi connectivity index (χ3n) is 2.14. The number of nitrogens with one attached hydrogen (secondary N) is 1. The number of benzene rings is 1. The lowest BCUT2D eigenvalue weighted by molar-refractivity contribution is 0.337. The van der Waals surface area contributed by atoms with Crippen molar-refractivity contribution in [3.05, 3.63) is 42.0 Å². The minimum Gasteiger partial charge on any atom is -0.494 e. The highest BCUT2D eigenvalue weighted by molar-refractivity contribution is 7.80. The molecule has 0 amide bonds. The van der Waals surface area contributed by atoms with Gasteiger partial charge in [-0.2, -0.15) is 5.10 Å². The Morgan fingerprint density at radius 2 is 2.39 bits per heavy atom. The van der Waals surface area contributed by atoms with Gasteiger partial charge in [0.2, 0.25) is 0 Å². The molecule has 96 valence electrons. The fraction of sp³-hybridized carbons (Fsp3) is 0.231. The average Bonchev–Trinajstić information content (AvgIpc) is 2.32. The van der Waals surface area contributed by atoms with Crippen LogP contribution in [0.5, 0.6) is 5.75 Å². The normalized spacial score (nSPS) is 10.3. The fourth-order valence-electron chi connectivity index (χ4n) is 1.46. The molecule has 1 rings (SSSR count). The Morgan fingerprint density at radius 1 is 1.61 bits per heavy atom. The Bertz CT molecular complexity index is 458. The van der Waals surface area contributed by atoms with Crippen LogP contribution < -0.4 is 15.9 Å². The van der Waals surface area contributed by atoms with E-state index >= 15 is 0 Å². The van der Waals surface area contributed by atoms with E-state index in [9.17, 15) is 0 Å². The number of nitrogens with zero attached hydrogens (tertiary/aromatic N) is 1. The summed E-state index contributed by atoms with van der Waals surface area (Å²) in [6.07, 6.45) is 4.24. The van der Waals surface area contributed by atoms with E-state index in [1.807, 2.05) is 31.2 Å². The van der Waals surface area contributed by atoms with E-state index < -0.39 is 0 Å². The van der Waals surface area contributed by atoms with Crippen LogP contribution in [0.15, 0.2) is 36.0 Å². The predicted molar refractivity (Wildman–Crippen MR) is 79.0 cm³/mol. The molecule has 0 radical (unpaired) electrons. The van der Waals surface area contributed by atoms with Crippen molar-refractivity contribution < 1.29 is 4.74 Å². The maximum absolute atomic E-state index is 5.54. The van der Waals surface area contributed by atoms with Crippen LogP contribution in [-0.2, 0) is 6.42 Å². The van der Waals surface area contributed by atoms with Crippen LogP contribution in [-0.4, -0.2) is 17.9 Å². The van der Waals surface area contributed by atoms with Crippen molar-refractivity contribution >= 4 is 23.5 Å². The molecule has 18 heavy (non-hydrogen) atoms. The van der Waals surface area contributed by atoms with Gasteiger partial charge >= 0.3 is 0 Å². The van der Waals surface area contributed by atoms with Crippen LogP contribution in [0.1, 0.15) is 18.1 Å². The van der Waals surface area contributed by atoms with Crippen molar-refractivity contribution in [1.82, 2.24) is 5.43 Å². The molecule has 0 heterocycles. The summed E-state index contributed by atoms with van der Waals surface area (Å²) in [5, 5.41) is 4.05. The van der Waals surface area contributed by atoms with Gasteiger partial charge in [-0.1, -0.05) is 6.08 Å². The summed E-state index contributed by atoms with van der Waals surface area (Å²) in [6.45, 7) is 6.33. The Kier molecular flexibility index (Phi) is 5.87. The Labute approximate surface area is 113 Å². The molecule has 5 heteroatoms. The van der Waals surface area contributed by atoms with E-state index in [1.54, 1.807) is 6.21 Å². The highest BCUT2D eigenvalue weighted by Gasteiger charge is 2.02. The van der Waals surface area contributed by atoms with Crippen LogP contribution in [0.4, 0.5) is 0 Å². The fourth-order valence-corrected chi connectivity index (χ4v) is 1.51. The van der Waals surface area contributed by atoms with Gasteiger partial charge in [-0.05, 0) is 54.9 Å². The minimum atomic E-state index is 0.142. The maximum atomic E-state index is 5.54. The molecule has 0 fully saturated rings. The van der Waals surface area contributed by atoms with E-state index in [-0.39, 0.29) is 5.11 Å². The first-order valence-corrected chi connectivity index (χ1v) is 6.03. The summed E-state index contributed by atoms with van der Waals surface area (Å²) in [6, 6.07) is 5.84. The van der Waals surface area contributed by atoms with Crippen LogP contribution in [0.25, 0.3) is 0 Å². The molecule has 0 saturated carbocycles. The van der Waals surface area contributed by atoms with Crippen molar-refractivity contribution in [3.8, 4) is 5.75 Å². The molecule has 0 unspecified atom stereocenters. The summed E-state index contributed by atoms with van der Waals surface area (Å²) >= 11 is 4.65. The second kappa shape index (κ2) is 7.45. The molecule has 0 spiro atoms. The molecule has 1 aromatic carbocycles. The van der Waals surface area contributed by atoms with Crippen LogP contribution in [0.3, 0.4) is 0 Å².